The average Bonchev–Trinajstić information content (AvgIpc) is 3.05. The normalized spacial score (nSPS) is 11.3. The molecule has 0 radical (unpaired) electrons. The first kappa shape index (κ1) is 15.4. The summed E-state index contributed by atoms with van der Waals surface area (Å²) < 4.78 is 7.95. The first-order valence-electron chi connectivity index (χ1n) is 8.29. The van der Waals surface area contributed by atoms with Crippen molar-refractivity contribution in [3.63, 3.8) is 0 Å². The molecule has 0 saturated heterocycles. The summed E-state index contributed by atoms with van der Waals surface area (Å²) in [7, 11) is 3.93. The summed E-state index contributed by atoms with van der Waals surface area (Å²) >= 11 is 0. The molecule has 4 rings (SSSR count). The van der Waals surface area contributed by atoms with Crippen LogP contribution in [0.3, 0.4) is 0 Å². The van der Waals surface area contributed by atoms with E-state index in [-0.39, 0.29) is 5.43 Å². The van der Waals surface area contributed by atoms with Crippen LogP contribution < -0.4 is 10.3 Å². The Kier molecular flexibility index (Phi) is 3.57. The van der Waals surface area contributed by atoms with Crippen LogP contribution in [0.25, 0.3) is 33.6 Å². The minimum absolute atomic E-state index is 0.0272. The highest BCUT2D eigenvalue weighted by Gasteiger charge is 2.15. The van der Waals surface area contributed by atoms with E-state index in [1.165, 1.54) is 0 Å². The van der Waals surface area contributed by atoms with Crippen molar-refractivity contribution >= 4 is 27.7 Å². The minimum atomic E-state index is -0.0272. The van der Waals surface area contributed by atoms with E-state index in [4.69, 9.17) is 4.42 Å². The molecule has 4 aromatic rings. The number of hydrogen-bond donors (Lipinski definition) is 0. The van der Waals surface area contributed by atoms with Crippen LogP contribution in [-0.4, -0.2) is 23.6 Å². The fraction of sp³-hybridized carbons (Fsp3) is 0.200. The molecule has 25 heavy (non-hydrogen) atoms. The lowest BCUT2D eigenvalue weighted by atomic mass is 10.1. The summed E-state index contributed by atoms with van der Waals surface area (Å²) in [5, 5.41) is 0.702. The van der Waals surface area contributed by atoms with Gasteiger partial charge in [0.1, 0.15) is 11.2 Å². The van der Waals surface area contributed by atoms with Gasteiger partial charge in [-0.1, -0.05) is 12.1 Å². The monoisotopic (exact) mass is 333 g/mol. The predicted molar refractivity (Wildman–Crippen MR) is 101 cm³/mol. The van der Waals surface area contributed by atoms with Crippen LogP contribution >= 0.6 is 0 Å². The van der Waals surface area contributed by atoms with Gasteiger partial charge in [-0.2, -0.15) is 0 Å². The van der Waals surface area contributed by atoms with Gasteiger partial charge in [0.05, 0.1) is 5.52 Å². The second-order valence-corrected chi connectivity index (χ2v) is 6.22. The number of hydrogen-bond acceptors (Lipinski definition) is 4. The van der Waals surface area contributed by atoms with Gasteiger partial charge in [0.2, 0.25) is 5.89 Å². The van der Waals surface area contributed by atoms with Crippen molar-refractivity contribution in [2.45, 2.75) is 13.5 Å². The Hall–Kier alpha value is -3.08. The van der Waals surface area contributed by atoms with Gasteiger partial charge in [0.25, 0.3) is 0 Å². The van der Waals surface area contributed by atoms with Crippen LogP contribution in [0.15, 0.2) is 57.7 Å². The van der Waals surface area contributed by atoms with Gasteiger partial charge >= 0.3 is 0 Å². The van der Waals surface area contributed by atoms with Gasteiger partial charge in [-0.25, -0.2) is 4.98 Å². The van der Waals surface area contributed by atoms with Crippen LogP contribution in [0, 0.1) is 0 Å². The van der Waals surface area contributed by atoms with Crippen molar-refractivity contribution in [2.24, 2.45) is 0 Å². The summed E-state index contributed by atoms with van der Waals surface area (Å²) in [5.41, 5.74) is 4.07. The molecular weight excluding hydrogens is 314 g/mol. The van der Waals surface area contributed by atoms with E-state index in [1.54, 1.807) is 6.07 Å². The highest BCUT2D eigenvalue weighted by atomic mass is 16.3. The molecule has 126 valence electrons. The molecule has 0 fully saturated rings. The number of aromatic nitrogens is 2. The van der Waals surface area contributed by atoms with E-state index in [1.807, 2.05) is 61.5 Å². The topological polar surface area (TPSA) is 51.3 Å². The van der Waals surface area contributed by atoms with Gasteiger partial charge in [0.15, 0.2) is 11.0 Å². The number of aryl methyl sites for hydroxylation is 1. The summed E-state index contributed by atoms with van der Waals surface area (Å²) in [6.45, 7) is 2.77. The molecular formula is C20H19N3O2. The average molecular weight is 333 g/mol. The Morgan fingerprint density at radius 1 is 1.12 bits per heavy atom. The molecule has 0 aliphatic rings. The number of fused-ring (bicyclic) bond motifs is 2. The lowest BCUT2D eigenvalue weighted by Crippen LogP contribution is -2.13. The summed E-state index contributed by atoms with van der Waals surface area (Å²) in [6.07, 6.45) is 0. The Labute approximate surface area is 145 Å². The molecule has 0 spiro atoms. The molecule has 0 atom stereocenters. The maximum atomic E-state index is 12.7. The van der Waals surface area contributed by atoms with Gasteiger partial charge < -0.3 is 13.9 Å². The molecule has 0 aliphatic heterocycles. The number of benzene rings is 2. The highest BCUT2D eigenvalue weighted by molar-refractivity contribution is 5.85. The Balaban J connectivity index is 2.01. The van der Waals surface area contributed by atoms with Gasteiger partial charge in [-0.15, -0.1) is 0 Å². The van der Waals surface area contributed by atoms with Crippen molar-refractivity contribution in [1.82, 2.24) is 9.55 Å². The molecule has 0 bridgehead atoms. The third kappa shape index (κ3) is 2.48. The van der Waals surface area contributed by atoms with Gasteiger partial charge in [-0.05, 0) is 37.3 Å². The second-order valence-electron chi connectivity index (χ2n) is 6.22. The first-order chi connectivity index (χ1) is 12.1. The largest absolute Gasteiger partial charge is 0.435 e. The zero-order valence-electron chi connectivity index (χ0n) is 14.5. The third-order valence-corrected chi connectivity index (χ3v) is 4.44. The summed E-state index contributed by atoms with van der Waals surface area (Å²) in [5.74, 6) is 0.471. The van der Waals surface area contributed by atoms with Crippen molar-refractivity contribution < 1.29 is 4.42 Å². The molecule has 2 aromatic carbocycles. The molecule has 0 unspecified atom stereocenters. The quantitative estimate of drug-likeness (QED) is 0.571. The Bertz CT molecular complexity index is 1110. The molecule has 0 N–H and O–H groups in total. The van der Waals surface area contributed by atoms with Gasteiger partial charge in [-0.3, -0.25) is 4.79 Å². The van der Waals surface area contributed by atoms with Crippen molar-refractivity contribution in [3.05, 3.63) is 58.8 Å². The number of pyridine rings is 1. The number of anilines is 1. The standard InChI is InChI=1S/C20H19N3O2/c1-4-23-16-10-9-13(22(2)3)11-14(16)18(24)12-17(23)20-21-15-7-5-6-8-19(15)25-20/h5-12H,4H2,1-3H3. The van der Waals surface area contributed by atoms with Crippen LogP contribution in [-0.2, 0) is 6.54 Å². The van der Waals surface area contributed by atoms with E-state index >= 15 is 0 Å². The van der Waals surface area contributed by atoms with E-state index in [0.29, 0.717) is 23.5 Å². The molecule has 5 heteroatoms. The molecule has 5 nitrogen and oxygen atoms in total. The predicted octanol–water partition coefficient (Wildman–Crippen LogP) is 3.90. The van der Waals surface area contributed by atoms with Crippen molar-refractivity contribution in [3.8, 4) is 11.6 Å². The fourth-order valence-corrected chi connectivity index (χ4v) is 3.14. The lowest BCUT2D eigenvalue weighted by molar-refractivity contribution is 0.607. The van der Waals surface area contributed by atoms with Crippen LogP contribution in [0.1, 0.15) is 6.92 Å². The molecule has 2 heterocycles. The maximum Gasteiger partial charge on any atom is 0.244 e. The van der Waals surface area contributed by atoms with Crippen molar-refractivity contribution in [2.75, 3.05) is 19.0 Å². The fourth-order valence-electron chi connectivity index (χ4n) is 3.14. The van der Waals surface area contributed by atoms with E-state index in [0.717, 1.165) is 22.3 Å². The highest BCUT2D eigenvalue weighted by Crippen LogP contribution is 2.27. The SMILES string of the molecule is CCn1c(-c2nc3ccccc3o2)cc(=O)c2cc(N(C)C)ccc21. The maximum absolute atomic E-state index is 12.7. The lowest BCUT2D eigenvalue weighted by Gasteiger charge is -2.16. The first-order valence-corrected chi connectivity index (χ1v) is 8.29. The molecule has 0 amide bonds. The smallest absolute Gasteiger partial charge is 0.244 e. The van der Waals surface area contributed by atoms with Crippen LogP contribution in [0.2, 0.25) is 0 Å². The summed E-state index contributed by atoms with van der Waals surface area (Å²) in [4.78, 5) is 19.3. The number of nitrogens with zero attached hydrogens (tertiary/aromatic N) is 3. The zero-order valence-corrected chi connectivity index (χ0v) is 14.5. The zero-order chi connectivity index (χ0) is 17.6. The van der Waals surface area contributed by atoms with E-state index in [2.05, 4.69) is 16.5 Å². The molecule has 0 saturated carbocycles. The number of para-hydroxylation sites is 2. The summed E-state index contributed by atoms with van der Waals surface area (Å²) in [6, 6.07) is 15.2. The molecule has 0 aliphatic carbocycles. The number of oxazole rings is 1. The second kappa shape index (κ2) is 5.77. The van der Waals surface area contributed by atoms with Gasteiger partial charge in [0, 0.05) is 37.8 Å². The number of rotatable bonds is 3. The third-order valence-electron chi connectivity index (χ3n) is 4.44. The Morgan fingerprint density at radius 2 is 1.92 bits per heavy atom. The van der Waals surface area contributed by atoms with Crippen LogP contribution in [0.5, 0.6) is 0 Å². The minimum Gasteiger partial charge on any atom is -0.435 e. The van der Waals surface area contributed by atoms with Crippen LogP contribution in [0.4, 0.5) is 5.69 Å². The molecule has 2 aromatic heterocycles. The Morgan fingerprint density at radius 3 is 2.64 bits per heavy atom. The van der Waals surface area contributed by atoms with Crippen molar-refractivity contribution in [1.29, 1.82) is 0 Å². The van der Waals surface area contributed by atoms with E-state index < -0.39 is 0 Å². The van der Waals surface area contributed by atoms with E-state index in [9.17, 15) is 4.79 Å².